The predicted octanol–water partition coefficient (Wildman–Crippen LogP) is 2.90. The summed E-state index contributed by atoms with van der Waals surface area (Å²) in [6, 6.07) is 7.85. The minimum absolute atomic E-state index is 0.191. The van der Waals surface area contributed by atoms with Crippen LogP contribution in [0.5, 0.6) is 0 Å². The first-order valence-electron chi connectivity index (χ1n) is 7.51. The van der Waals surface area contributed by atoms with Gasteiger partial charge in [0.2, 0.25) is 0 Å². The molecule has 0 radical (unpaired) electrons. The molecule has 0 aliphatic carbocycles. The Bertz CT molecular complexity index is 775. The van der Waals surface area contributed by atoms with Crippen molar-refractivity contribution in [2.45, 2.75) is 37.6 Å². The topological polar surface area (TPSA) is 81.1 Å². The first kappa shape index (κ1) is 17.2. The molecule has 0 unspecified atom stereocenters. The maximum absolute atomic E-state index is 12.3. The number of rotatable bonds is 6. The number of sulfone groups is 1. The van der Waals surface area contributed by atoms with Crippen molar-refractivity contribution in [1.29, 1.82) is 0 Å². The molecule has 6 nitrogen and oxygen atoms in total. The highest BCUT2D eigenvalue weighted by Crippen LogP contribution is 2.21. The molecular formula is C16H21N3O3S. The second-order valence-corrected chi connectivity index (χ2v) is 7.40. The Morgan fingerprint density at radius 3 is 2.30 bits per heavy atom. The third kappa shape index (κ3) is 3.98. The van der Waals surface area contributed by atoms with Gasteiger partial charge in [0.05, 0.1) is 17.1 Å². The van der Waals surface area contributed by atoms with E-state index in [-0.39, 0.29) is 16.8 Å². The summed E-state index contributed by atoms with van der Waals surface area (Å²) in [6.07, 6.45) is 4.63. The van der Waals surface area contributed by atoms with Crippen LogP contribution in [-0.2, 0) is 9.84 Å². The van der Waals surface area contributed by atoms with Crippen LogP contribution in [0.2, 0.25) is 0 Å². The molecule has 1 N–H and O–H groups in total. The van der Waals surface area contributed by atoms with Crippen LogP contribution in [0.25, 0.3) is 0 Å². The zero-order chi connectivity index (χ0) is 17.0. The SMILES string of the molecule is CCC(CC)n1nccc1NC(=O)c1ccc(S(C)(=O)=O)cc1. The van der Waals surface area contributed by atoms with E-state index in [1.165, 1.54) is 24.3 Å². The third-order valence-electron chi connectivity index (χ3n) is 3.74. The average Bonchev–Trinajstić information content (AvgIpc) is 2.96. The molecule has 124 valence electrons. The smallest absolute Gasteiger partial charge is 0.256 e. The lowest BCUT2D eigenvalue weighted by Gasteiger charge is -2.17. The lowest BCUT2D eigenvalue weighted by atomic mass is 10.2. The van der Waals surface area contributed by atoms with Gasteiger partial charge in [-0.15, -0.1) is 0 Å². The summed E-state index contributed by atoms with van der Waals surface area (Å²) >= 11 is 0. The fourth-order valence-corrected chi connectivity index (χ4v) is 3.01. The number of carbonyl (C=O) groups is 1. The van der Waals surface area contributed by atoms with E-state index in [1.807, 2.05) is 4.68 Å². The first-order valence-corrected chi connectivity index (χ1v) is 9.41. The van der Waals surface area contributed by atoms with Crippen molar-refractivity contribution in [3.05, 3.63) is 42.1 Å². The van der Waals surface area contributed by atoms with Crippen molar-refractivity contribution in [3.8, 4) is 0 Å². The predicted molar refractivity (Wildman–Crippen MR) is 89.4 cm³/mol. The summed E-state index contributed by atoms with van der Waals surface area (Å²) < 4.78 is 24.7. The highest BCUT2D eigenvalue weighted by atomic mass is 32.2. The molecular weight excluding hydrogens is 314 g/mol. The lowest BCUT2D eigenvalue weighted by molar-refractivity contribution is 0.102. The highest BCUT2D eigenvalue weighted by Gasteiger charge is 2.15. The molecule has 0 atom stereocenters. The van der Waals surface area contributed by atoms with Crippen molar-refractivity contribution < 1.29 is 13.2 Å². The molecule has 1 aromatic carbocycles. The summed E-state index contributed by atoms with van der Waals surface area (Å²) in [7, 11) is -3.27. The lowest BCUT2D eigenvalue weighted by Crippen LogP contribution is -2.18. The van der Waals surface area contributed by atoms with E-state index >= 15 is 0 Å². The summed E-state index contributed by atoms with van der Waals surface area (Å²) in [6.45, 7) is 4.15. The number of carbonyl (C=O) groups excluding carboxylic acids is 1. The molecule has 2 aromatic rings. The maximum Gasteiger partial charge on any atom is 0.256 e. The summed E-state index contributed by atoms with van der Waals surface area (Å²) in [5.41, 5.74) is 0.398. The fourth-order valence-electron chi connectivity index (χ4n) is 2.38. The van der Waals surface area contributed by atoms with E-state index in [2.05, 4.69) is 24.3 Å². The Balaban J connectivity index is 2.19. The maximum atomic E-state index is 12.3. The van der Waals surface area contributed by atoms with Crippen LogP contribution in [0, 0.1) is 0 Å². The largest absolute Gasteiger partial charge is 0.307 e. The number of hydrogen-bond acceptors (Lipinski definition) is 4. The molecule has 0 saturated heterocycles. The van der Waals surface area contributed by atoms with Gasteiger partial charge in [-0.1, -0.05) is 13.8 Å². The van der Waals surface area contributed by atoms with Gasteiger partial charge in [0.15, 0.2) is 9.84 Å². The van der Waals surface area contributed by atoms with Gasteiger partial charge in [0, 0.05) is 17.9 Å². The van der Waals surface area contributed by atoms with Gasteiger partial charge in [0.1, 0.15) is 5.82 Å². The van der Waals surface area contributed by atoms with Gasteiger partial charge in [-0.25, -0.2) is 13.1 Å². The molecule has 0 spiro atoms. The van der Waals surface area contributed by atoms with Crippen molar-refractivity contribution in [3.63, 3.8) is 0 Å². The zero-order valence-electron chi connectivity index (χ0n) is 13.5. The summed E-state index contributed by atoms with van der Waals surface area (Å²) in [5, 5.41) is 7.10. The average molecular weight is 335 g/mol. The highest BCUT2D eigenvalue weighted by molar-refractivity contribution is 7.90. The molecule has 0 fully saturated rings. The van der Waals surface area contributed by atoms with Crippen LogP contribution >= 0.6 is 0 Å². The van der Waals surface area contributed by atoms with Gasteiger partial charge in [-0.3, -0.25) is 4.79 Å². The number of benzene rings is 1. The van der Waals surface area contributed by atoms with Gasteiger partial charge < -0.3 is 5.32 Å². The van der Waals surface area contributed by atoms with Gasteiger partial charge in [-0.05, 0) is 37.1 Å². The minimum Gasteiger partial charge on any atom is -0.307 e. The molecule has 7 heteroatoms. The Morgan fingerprint density at radius 1 is 1.17 bits per heavy atom. The molecule has 0 saturated carbocycles. The molecule has 1 aromatic heterocycles. The van der Waals surface area contributed by atoms with E-state index < -0.39 is 9.84 Å². The second kappa shape index (κ2) is 6.95. The van der Waals surface area contributed by atoms with Crippen LogP contribution in [0.15, 0.2) is 41.4 Å². The Kier molecular flexibility index (Phi) is 5.20. The first-order chi connectivity index (χ1) is 10.9. The van der Waals surface area contributed by atoms with E-state index in [0.717, 1.165) is 19.1 Å². The van der Waals surface area contributed by atoms with E-state index in [4.69, 9.17) is 0 Å². The normalized spacial score (nSPS) is 11.7. The minimum atomic E-state index is -3.27. The quantitative estimate of drug-likeness (QED) is 0.880. The van der Waals surface area contributed by atoms with Gasteiger partial charge in [-0.2, -0.15) is 5.10 Å². The number of amides is 1. The van der Waals surface area contributed by atoms with Crippen molar-refractivity contribution in [2.75, 3.05) is 11.6 Å². The Labute approximate surface area is 136 Å². The molecule has 0 aliphatic heterocycles. The number of nitrogens with zero attached hydrogens (tertiary/aromatic N) is 2. The zero-order valence-corrected chi connectivity index (χ0v) is 14.3. The number of nitrogens with one attached hydrogen (secondary N) is 1. The third-order valence-corrected chi connectivity index (χ3v) is 4.87. The fraction of sp³-hybridized carbons (Fsp3) is 0.375. The van der Waals surface area contributed by atoms with E-state index in [1.54, 1.807) is 12.3 Å². The summed E-state index contributed by atoms with van der Waals surface area (Å²) in [5.74, 6) is 0.341. The van der Waals surface area contributed by atoms with Gasteiger partial charge in [0.25, 0.3) is 5.91 Å². The Morgan fingerprint density at radius 2 is 1.78 bits per heavy atom. The molecule has 0 bridgehead atoms. The molecule has 23 heavy (non-hydrogen) atoms. The second-order valence-electron chi connectivity index (χ2n) is 5.38. The van der Waals surface area contributed by atoms with Crippen LogP contribution in [0.3, 0.4) is 0 Å². The molecule has 1 heterocycles. The van der Waals surface area contributed by atoms with Crippen LogP contribution in [0.4, 0.5) is 5.82 Å². The van der Waals surface area contributed by atoms with Crippen molar-refractivity contribution in [2.24, 2.45) is 0 Å². The van der Waals surface area contributed by atoms with E-state index in [9.17, 15) is 13.2 Å². The number of anilines is 1. The summed E-state index contributed by atoms with van der Waals surface area (Å²) in [4.78, 5) is 12.5. The monoisotopic (exact) mass is 335 g/mol. The number of aromatic nitrogens is 2. The van der Waals surface area contributed by atoms with Crippen LogP contribution < -0.4 is 5.32 Å². The molecule has 0 aliphatic rings. The Hall–Kier alpha value is -2.15. The van der Waals surface area contributed by atoms with Gasteiger partial charge >= 0.3 is 0 Å². The van der Waals surface area contributed by atoms with Crippen molar-refractivity contribution >= 4 is 21.6 Å². The molecule has 1 amide bonds. The molecule has 2 rings (SSSR count). The van der Waals surface area contributed by atoms with E-state index in [0.29, 0.717) is 11.4 Å². The number of hydrogen-bond donors (Lipinski definition) is 1. The van der Waals surface area contributed by atoms with Crippen LogP contribution in [0.1, 0.15) is 43.1 Å². The van der Waals surface area contributed by atoms with Crippen molar-refractivity contribution in [1.82, 2.24) is 9.78 Å². The standard InChI is InChI=1S/C16H21N3O3S/c1-4-13(5-2)19-15(10-11-17-19)18-16(20)12-6-8-14(9-7-12)23(3,21)22/h6-11,13H,4-5H2,1-3H3,(H,18,20). The van der Waals surface area contributed by atoms with Crippen LogP contribution in [-0.4, -0.2) is 30.4 Å².